The number of hydrogen-bond acceptors (Lipinski definition) is 5. The molecular formula is C9H7N3O4S. The Labute approximate surface area is 99.2 Å². The molecule has 0 bridgehead atoms. The third kappa shape index (κ3) is 1.82. The van der Waals surface area contributed by atoms with Gasteiger partial charge in [0.2, 0.25) is 0 Å². The van der Waals surface area contributed by atoms with Crippen molar-refractivity contribution in [3.05, 3.63) is 28.4 Å². The topological polar surface area (TPSA) is 98.3 Å². The molecule has 2 rings (SSSR count). The van der Waals surface area contributed by atoms with E-state index in [0.717, 1.165) is 4.68 Å². The predicted molar refractivity (Wildman–Crippen MR) is 61.6 cm³/mol. The number of fused-ring (bicyclic) bond motifs is 1. The van der Waals surface area contributed by atoms with Gasteiger partial charge in [-0.05, 0) is 12.3 Å². The zero-order chi connectivity index (χ0) is 12.6. The first-order chi connectivity index (χ1) is 8.04. The maximum absolute atomic E-state index is 10.9. The summed E-state index contributed by atoms with van der Waals surface area (Å²) in [6.07, 6.45) is 1.76. The minimum Gasteiger partial charge on any atom is -0.463 e. The van der Waals surface area contributed by atoms with Crippen LogP contribution in [0.15, 0.2) is 23.2 Å². The lowest BCUT2D eigenvalue weighted by atomic mass is 10.2. The Hall–Kier alpha value is -2.09. The lowest BCUT2D eigenvalue weighted by molar-refractivity contribution is -0.387. The molecule has 0 aliphatic heterocycles. The molecule has 0 atom stereocenters. The van der Waals surface area contributed by atoms with Gasteiger partial charge >= 0.3 is 6.09 Å². The highest BCUT2D eigenvalue weighted by Crippen LogP contribution is 2.31. The second-order valence-electron chi connectivity index (χ2n) is 3.18. The average Bonchev–Trinajstić information content (AvgIpc) is 2.69. The molecule has 0 spiro atoms. The second kappa shape index (κ2) is 4.06. The fraction of sp³-hybridized carbons (Fsp3) is 0.111. The van der Waals surface area contributed by atoms with Crippen molar-refractivity contribution in [1.29, 1.82) is 0 Å². The van der Waals surface area contributed by atoms with Gasteiger partial charge in [0.05, 0.1) is 21.5 Å². The first-order valence-corrected chi connectivity index (χ1v) is 5.70. The van der Waals surface area contributed by atoms with Gasteiger partial charge in [0, 0.05) is 11.5 Å². The Morgan fingerprint density at radius 3 is 2.82 bits per heavy atom. The summed E-state index contributed by atoms with van der Waals surface area (Å²) in [7, 11) is 0. The predicted octanol–water partition coefficient (Wildman–Crippen LogP) is 2.19. The van der Waals surface area contributed by atoms with Crippen LogP contribution in [-0.2, 0) is 0 Å². The number of aromatic nitrogens is 2. The van der Waals surface area contributed by atoms with E-state index in [9.17, 15) is 14.9 Å². The number of benzene rings is 1. The van der Waals surface area contributed by atoms with Crippen molar-refractivity contribution in [2.45, 2.75) is 4.90 Å². The Morgan fingerprint density at radius 1 is 1.59 bits per heavy atom. The molecule has 1 N–H and O–H groups in total. The second-order valence-corrected chi connectivity index (χ2v) is 4.03. The third-order valence-electron chi connectivity index (χ3n) is 2.25. The van der Waals surface area contributed by atoms with Crippen LogP contribution in [0.4, 0.5) is 10.5 Å². The van der Waals surface area contributed by atoms with Gasteiger partial charge in [0.1, 0.15) is 0 Å². The van der Waals surface area contributed by atoms with E-state index in [4.69, 9.17) is 5.11 Å². The summed E-state index contributed by atoms with van der Waals surface area (Å²) in [5, 5.41) is 23.8. The van der Waals surface area contributed by atoms with Crippen molar-refractivity contribution in [3.63, 3.8) is 0 Å². The molecule has 0 unspecified atom stereocenters. The zero-order valence-electron chi connectivity index (χ0n) is 8.65. The average molecular weight is 253 g/mol. The summed E-state index contributed by atoms with van der Waals surface area (Å²) in [6, 6.07) is 2.78. The maximum Gasteiger partial charge on any atom is 0.432 e. The fourth-order valence-electron chi connectivity index (χ4n) is 1.50. The molecule has 0 fully saturated rings. The summed E-state index contributed by atoms with van der Waals surface area (Å²) in [4.78, 5) is 21.6. The van der Waals surface area contributed by atoms with E-state index in [1.807, 2.05) is 0 Å². The molecular weight excluding hydrogens is 246 g/mol. The number of carboxylic acid groups (broad SMARTS) is 1. The van der Waals surface area contributed by atoms with Crippen LogP contribution in [0.2, 0.25) is 0 Å². The molecule has 0 saturated heterocycles. The molecule has 0 aliphatic rings. The molecule has 7 nitrogen and oxygen atoms in total. The van der Waals surface area contributed by atoms with Crippen molar-refractivity contribution < 1.29 is 14.8 Å². The largest absolute Gasteiger partial charge is 0.463 e. The van der Waals surface area contributed by atoms with Crippen LogP contribution in [0.5, 0.6) is 0 Å². The summed E-state index contributed by atoms with van der Waals surface area (Å²) in [6.45, 7) is 0. The standard InChI is InChI=1S/C9H7N3O4S/c1-17-8-3-6-5(2-7(8)12(15)16)4-10-11(6)9(13)14/h2-4H,1H3,(H,13,14). The molecule has 88 valence electrons. The molecule has 0 aliphatic carbocycles. The van der Waals surface area contributed by atoms with E-state index in [-0.39, 0.29) is 5.69 Å². The number of nitrogens with zero attached hydrogens (tertiary/aromatic N) is 3. The summed E-state index contributed by atoms with van der Waals surface area (Å²) in [5.41, 5.74) is 0.294. The highest BCUT2D eigenvalue weighted by atomic mass is 32.2. The van der Waals surface area contributed by atoms with Crippen molar-refractivity contribution in [2.24, 2.45) is 0 Å². The van der Waals surface area contributed by atoms with Crippen molar-refractivity contribution in [1.82, 2.24) is 9.78 Å². The number of carbonyl (C=O) groups is 1. The molecule has 2 aromatic rings. The van der Waals surface area contributed by atoms with Crippen LogP contribution < -0.4 is 0 Å². The number of hydrogen-bond donors (Lipinski definition) is 1. The van der Waals surface area contributed by atoms with E-state index < -0.39 is 11.0 Å². The number of nitro benzene ring substituents is 1. The van der Waals surface area contributed by atoms with Crippen LogP contribution in [0, 0.1) is 10.1 Å². The van der Waals surface area contributed by atoms with Gasteiger partial charge in [-0.15, -0.1) is 11.8 Å². The van der Waals surface area contributed by atoms with Crippen LogP contribution in [-0.4, -0.2) is 32.2 Å². The van der Waals surface area contributed by atoms with E-state index in [0.29, 0.717) is 15.8 Å². The zero-order valence-corrected chi connectivity index (χ0v) is 9.47. The molecule has 1 aromatic heterocycles. The Morgan fingerprint density at radius 2 is 2.29 bits per heavy atom. The monoisotopic (exact) mass is 253 g/mol. The SMILES string of the molecule is CSc1cc2c(cnn2C(=O)O)cc1[N+](=O)[O-]. The first-order valence-electron chi connectivity index (χ1n) is 4.48. The van der Waals surface area contributed by atoms with Crippen LogP contribution in [0.25, 0.3) is 10.9 Å². The summed E-state index contributed by atoms with van der Waals surface area (Å²) < 4.78 is 0.790. The molecule has 17 heavy (non-hydrogen) atoms. The molecule has 0 saturated carbocycles. The minimum absolute atomic E-state index is 0.0464. The van der Waals surface area contributed by atoms with Gasteiger partial charge in [-0.1, -0.05) is 0 Å². The van der Waals surface area contributed by atoms with Crippen molar-refractivity contribution >= 4 is 34.4 Å². The molecule has 8 heteroatoms. The van der Waals surface area contributed by atoms with Crippen molar-refractivity contribution in [3.8, 4) is 0 Å². The van der Waals surface area contributed by atoms with E-state index in [1.165, 1.54) is 30.1 Å². The lowest BCUT2D eigenvalue weighted by Crippen LogP contribution is -2.09. The van der Waals surface area contributed by atoms with Gasteiger partial charge in [0.15, 0.2) is 0 Å². The number of nitro groups is 1. The highest BCUT2D eigenvalue weighted by molar-refractivity contribution is 7.98. The fourth-order valence-corrected chi connectivity index (χ4v) is 2.07. The van der Waals surface area contributed by atoms with Crippen LogP contribution in [0.1, 0.15) is 0 Å². The highest BCUT2D eigenvalue weighted by Gasteiger charge is 2.18. The van der Waals surface area contributed by atoms with Gasteiger partial charge in [-0.25, -0.2) is 4.79 Å². The Balaban J connectivity index is 2.76. The summed E-state index contributed by atoms with van der Waals surface area (Å²) in [5.74, 6) is 0. The van der Waals surface area contributed by atoms with E-state index >= 15 is 0 Å². The van der Waals surface area contributed by atoms with Crippen molar-refractivity contribution in [2.75, 3.05) is 6.26 Å². The first kappa shape index (κ1) is 11.4. The van der Waals surface area contributed by atoms with Gasteiger partial charge in [-0.2, -0.15) is 9.78 Å². The van der Waals surface area contributed by atoms with Gasteiger partial charge in [0.25, 0.3) is 5.69 Å². The van der Waals surface area contributed by atoms with E-state index in [2.05, 4.69) is 5.10 Å². The maximum atomic E-state index is 10.9. The molecule has 0 radical (unpaired) electrons. The summed E-state index contributed by atoms with van der Waals surface area (Å²) >= 11 is 1.19. The Kier molecular flexibility index (Phi) is 2.72. The molecule has 0 amide bonds. The molecule has 1 aromatic carbocycles. The minimum atomic E-state index is -1.22. The normalized spacial score (nSPS) is 10.6. The Bertz CT molecular complexity index is 622. The smallest absolute Gasteiger partial charge is 0.432 e. The number of rotatable bonds is 2. The van der Waals surface area contributed by atoms with Crippen LogP contribution in [0.3, 0.4) is 0 Å². The lowest BCUT2D eigenvalue weighted by Gasteiger charge is -2.01. The van der Waals surface area contributed by atoms with Crippen LogP contribution >= 0.6 is 11.8 Å². The quantitative estimate of drug-likeness (QED) is 0.500. The number of thioether (sulfide) groups is 1. The molecule has 1 heterocycles. The van der Waals surface area contributed by atoms with E-state index in [1.54, 1.807) is 6.26 Å². The van der Waals surface area contributed by atoms with Gasteiger partial charge in [-0.3, -0.25) is 10.1 Å². The van der Waals surface area contributed by atoms with Gasteiger partial charge < -0.3 is 5.11 Å². The third-order valence-corrected chi connectivity index (χ3v) is 3.01.